The number of carbonyl (C=O) groups excluding carboxylic acids is 2. The van der Waals surface area contributed by atoms with Crippen LogP contribution in [0.2, 0.25) is 0 Å². The Bertz CT molecular complexity index is 609. The molecule has 7 heteroatoms. The summed E-state index contributed by atoms with van der Waals surface area (Å²) in [7, 11) is 0. The van der Waals surface area contributed by atoms with Crippen LogP contribution >= 0.6 is 11.8 Å². The first-order valence-electron chi connectivity index (χ1n) is 9.02. The average molecular weight is 381 g/mol. The summed E-state index contributed by atoms with van der Waals surface area (Å²) < 4.78 is 5.53. The zero-order valence-corrected chi connectivity index (χ0v) is 16.5. The second-order valence-corrected chi connectivity index (χ2v) is 8.28. The number of ether oxygens (including phenoxy) is 1. The molecule has 0 aliphatic carbocycles. The van der Waals surface area contributed by atoms with Crippen LogP contribution in [0, 0.1) is 5.41 Å². The second-order valence-electron chi connectivity index (χ2n) is 7.05. The molecule has 0 radical (unpaired) electrons. The van der Waals surface area contributed by atoms with E-state index >= 15 is 0 Å². The number of ketones is 1. The standard InChI is InChI=1S/C19H28N2O4S/c1-4-19(2,3)15(22)16(23)21-10-12-26-17(21)18(24)25-11-6-8-14-7-5-9-20-13-14/h5,7,9,13,17-18,24H,4,6,8,10-12H2,1-3H3/t17-,18?/m1/s1. The predicted molar refractivity (Wildman–Crippen MR) is 102 cm³/mol. The van der Waals surface area contributed by atoms with Crippen molar-refractivity contribution < 1.29 is 19.4 Å². The van der Waals surface area contributed by atoms with E-state index in [1.807, 2.05) is 25.3 Å². The molecule has 2 rings (SSSR count). The number of aliphatic hydroxyl groups excluding tert-OH is 1. The number of thioether (sulfide) groups is 1. The highest BCUT2D eigenvalue weighted by atomic mass is 32.2. The maximum absolute atomic E-state index is 12.6. The number of aryl methyl sites for hydroxylation is 1. The molecule has 26 heavy (non-hydrogen) atoms. The van der Waals surface area contributed by atoms with Gasteiger partial charge < -0.3 is 14.7 Å². The molecule has 1 aromatic heterocycles. The van der Waals surface area contributed by atoms with Crippen molar-refractivity contribution in [1.82, 2.24) is 9.88 Å². The Kier molecular flexibility index (Phi) is 7.61. The SMILES string of the molecule is CCC(C)(C)C(=O)C(=O)N1CCS[C@@H]1C(O)OCCCc1cccnc1. The molecule has 0 saturated carbocycles. The number of hydrogen-bond acceptors (Lipinski definition) is 6. The van der Waals surface area contributed by atoms with Crippen LogP contribution in [0.15, 0.2) is 24.5 Å². The van der Waals surface area contributed by atoms with Crippen LogP contribution in [-0.2, 0) is 20.7 Å². The Labute approximate surface area is 159 Å². The lowest BCUT2D eigenvalue weighted by atomic mass is 9.84. The molecule has 1 aliphatic heterocycles. The van der Waals surface area contributed by atoms with Gasteiger partial charge in [0.05, 0.1) is 6.61 Å². The van der Waals surface area contributed by atoms with Crippen molar-refractivity contribution >= 4 is 23.5 Å². The summed E-state index contributed by atoms with van der Waals surface area (Å²) in [5.41, 5.74) is 0.426. The van der Waals surface area contributed by atoms with E-state index in [1.54, 1.807) is 20.0 Å². The fraction of sp³-hybridized carbons (Fsp3) is 0.632. The maximum atomic E-state index is 12.6. The molecule has 1 saturated heterocycles. The van der Waals surface area contributed by atoms with Gasteiger partial charge >= 0.3 is 0 Å². The Balaban J connectivity index is 1.84. The highest BCUT2D eigenvalue weighted by Gasteiger charge is 2.41. The minimum atomic E-state index is -1.10. The number of aromatic nitrogens is 1. The molecule has 144 valence electrons. The smallest absolute Gasteiger partial charge is 0.291 e. The van der Waals surface area contributed by atoms with Gasteiger partial charge in [-0.25, -0.2) is 0 Å². The zero-order valence-electron chi connectivity index (χ0n) is 15.7. The number of nitrogens with zero attached hydrogens (tertiary/aromatic N) is 2. The Morgan fingerprint density at radius 3 is 2.92 bits per heavy atom. The molecule has 1 amide bonds. The Hall–Kier alpha value is -1.44. The van der Waals surface area contributed by atoms with Crippen molar-refractivity contribution in [3.05, 3.63) is 30.1 Å². The molecule has 0 aromatic carbocycles. The van der Waals surface area contributed by atoms with Gasteiger partial charge in [0.25, 0.3) is 5.91 Å². The summed E-state index contributed by atoms with van der Waals surface area (Å²) in [6.45, 7) is 6.27. The number of aliphatic hydroxyl groups is 1. The van der Waals surface area contributed by atoms with Crippen LogP contribution in [0.3, 0.4) is 0 Å². The molecule has 6 nitrogen and oxygen atoms in total. The van der Waals surface area contributed by atoms with E-state index < -0.39 is 28.8 Å². The normalized spacial score (nSPS) is 18.8. The van der Waals surface area contributed by atoms with E-state index in [0.717, 1.165) is 18.4 Å². The first-order chi connectivity index (χ1) is 12.4. The number of pyridine rings is 1. The summed E-state index contributed by atoms with van der Waals surface area (Å²) >= 11 is 1.44. The van der Waals surface area contributed by atoms with Crippen LogP contribution in [0.25, 0.3) is 0 Å². The number of hydrogen-bond donors (Lipinski definition) is 1. The zero-order chi connectivity index (χ0) is 19.2. The lowest BCUT2D eigenvalue weighted by molar-refractivity contribution is -0.157. The third-order valence-corrected chi connectivity index (χ3v) is 5.99. The van der Waals surface area contributed by atoms with Crippen LogP contribution in [0.1, 0.15) is 39.2 Å². The minimum Gasteiger partial charge on any atom is -0.366 e. The van der Waals surface area contributed by atoms with Gasteiger partial charge in [-0.3, -0.25) is 14.6 Å². The van der Waals surface area contributed by atoms with Gasteiger partial charge in [0.1, 0.15) is 5.37 Å². The number of carbonyl (C=O) groups is 2. The summed E-state index contributed by atoms with van der Waals surface area (Å²) in [5.74, 6) is -0.243. The van der Waals surface area contributed by atoms with Crippen LogP contribution < -0.4 is 0 Å². The largest absolute Gasteiger partial charge is 0.366 e. The van der Waals surface area contributed by atoms with Gasteiger partial charge in [-0.2, -0.15) is 0 Å². The van der Waals surface area contributed by atoms with E-state index in [-0.39, 0.29) is 0 Å². The van der Waals surface area contributed by atoms with E-state index in [4.69, 9.17) is 4.74 Å². The second kappa shape index (κ2) is 9.48. The van der Waals surface area contributed by atoms with Crippen molar-refractivity contribution in [3.63, 3.8) is 0 Å². The van der Waals surface area contributed by atoms with Crippen molar-refractivity contribution in [2.45, 2.75) is 51.7 Å². The Morgan fingerprint density at radius 2 is 2.27 bits per heavy atom. The first kappa shape index (κ1) is 20.9. The summed E-state index contributed by atoms with van der Waals surface area (Å²) in [4.78, 5) is 30.5. The molecule has 1 N–H and O–H groups in total. The molecule has 0 bridgehead atoms. The van der Waals surface area contributed by atoms with E-state index in [1.165, 1.54) is 16.7 Å². The van der Waals surface area contributed by atoms with Crippen LogP contribution in [0.4, 0.5) is 0 Å². The molecular weight excluding hydrogens is 352 g/mol. The third-order valence-electron chi connectivity index (χ3n) is 4.75. The van der Waals surface area contributed by atoms with Crippen molar-refractivity contribution in [2.75, 3.05) is 18.9 Å². The lowest BCUT2D eigenvalue weighted by Crippen LogP contribution is -2.48. The average Bonchev–Trinajstić information content (AvgIpc) is 3.14. The predicted octanol–water partition coefficient (Wildman–Crippen LogP) is 2.26. The van der Waals surface area contributed by atoms with Crippen molar-refractivity contribution in [3.8, 4) is 0 Å². The number of Topliss-reactive ketones (excluding diaryl/α,β-unsaturated/α-hetero) is 1. The molecule has 0 spiro atoms. The minimum absolute atomic E-state index is 0.379. The van der Waals surface area contributed by atoms with Crippen molar-refractivity contribution in [1.29, 1.82) is 0 Å². The van der Waals surface area contributed by atoms with Gasteiger partial charge in [0.2, 0.25) is 5.78 Å². The van der Waals surface area contributed by atoms with E-state index in [0.29, 0.717) is 25.3 Å². The van der Waals surface area contributed by atoms with E-state index in [9.17, 15) is 14.7 Å². The molecule has 1 fully saturated rings. The summed E-state index contributed by atoms with van der Waals surface area (Å²) in [5, 5.41) is 9.82. The lowest BCUT2D eigenvalue weighted by Gasteiger charge is -2.30. The topological polar surface area (TPSA) is 79.7 Å². The molecule has 2 heterocycles. The summed E-state index contributed by atoms with van der Waals surface area (Å²) in [6, 6.07) is 3.89. The highest BCUT2D eigenvalue weighted by Crippen LogP contribution is 2.30. The van der Waals surface area contributed by atoms with Gasteiger partial charge in [-0.05, 0) is 30.9 Å². The molecular formula is C19H28N2O4S. The van der Waals surface area contributed by atoms with Crippen molar-refractivity contribution in [2.24, 2.45) is 5.41 Å². The Morgan fingerprint density at radius 1 is 1.50 bits per heavy atom. The molecule has 2 atom stereocenters. The fourth-order valence-corrected chi connectivity index (χ4v) is 3.80. The molecule has 1 unspecified atom stereocenters. The maximum Gasteiger partial charge on any atom is 0.291 e. The fourth-order valence-electron chi connectivity index (χ4n) is 2.63. The molecule has 1 aliphatic rings. The summed E-state index contributed by atoms with van der Waals surface area (Å²) in [6.07, 6.45) is 4.59. The third kappa shape index (κ3) is 5.28. The number of amides is 1. The van der Waals surface area contributed by atoms with Crippen LogP contribution in [0.5, 0.6) is 0 Å². The molecule has 1 aromatic rings. The number of rotatable bonds is 9. The van der Waals surface area contributed by atoms with Gasteiger partial charge in [0.15, 0.2) is 6.29 Å². The highest BCUT2D eigenvalue weighted by molar-refractivity contribution is 8.00. The quantitative estimate of drug-likeness (QED) is 0.402. The van der Waals surface area contributed by atoms with Gasteiger partial charge in [-0.15, -0.1) is 11.8 Å². The van der Waals surface area contributed by atoms with Gasteiger partial charge in [0, 0.05) is 30.1 Å². The van der Waals surface area contributed by atoms with E-state index in [2.05, 4.69) is 4.98 Å². The van der Waals surface area contributed by atoms with Crippen LogP contribution in [-0.4, -0.2) is 57.2 Å². The first-order valence-corrected chi connectivity index (χ1v) is 10.1. The monoisotopic (exact) mass is 380 g/mol. The van der Waals surface area contributed by atoms with Gasteiger partial charge in [-0.1, -0.05) is 26.8 Å².